The van der Waals surface area contributed by atoms with E-state index in [-0.39, 0.29) is 11.9 Å². The predicted molar refractivity (Wildman–Crippen MR) is 67.6 cm³/mol. The van der Waals surface area contributed by atoms with E-state index in [1.807, 2.05) is 37.4 Å². The van der Waals surface area contributed by atoms with E-state index in [2.05, 4.69) is 15.5 Å². The summed E-state index contributed by atoms with van der Waals surface area (Å²) in [5, 5.41) is 6.22. The molecule has 1 aromatic carbocycles. The molecule has 2 N–H and O–H groups in total. The summed E-state index contributed by atoms with van der Waals surface area (Å²) in [6.45, 7) is 3.21. The first kappa shape index (κ1) is 12.1. The Labute approximate surface area is 102 Å². The maximum absolute atomic E-state index is 12.0. The molecule has 2 rings (SSSR count). The molecule has 1 aliphatic heterocycles. The summed E-state index contributed by atoms with van der Waals surface area (Å²) >= 11 is 0. The summed E-state index contributed by atoms with van der Waals surface area (Å²) in [6.07, 6.45) is 0. The molecular weight excluding hydrogens is 214 g/mol. The third kappa shape index (κ3) is 3.28. The molecule has 4 heteroatoms. The molecule has 1 unspecified atom stereocenters. The number of amides is 1. The van der Waals surface area contributed by atoms with Crippen molar-refractivity contribution in [3.8, 4) is 0 Å². The van der Waals surface area contributed by atoms with Crippen molar-refractivity contribution in [2.75, 3.05) is 26.7 Å². The minimum atomic E-state index is -0.0486. The van der Waals surface area contributed by atoms with Gasteiger partial charge >= 0.3 is 0 Å². The van der Waals surface area contributed by atoms with Crippen LogP contribution in [0.5, 0.6) is 0 Å². The minimum absolute atomic E-state index is 0.0486. The number of hydrogen-bond acceptors (Lipinski definition) is 3. The molecule has 0 saturated carbocycles. The fourth-order valence-electron chi connectivity index (χ4n) is 2.00. The van der Waals surface area contributed by atoms with Gasteiger partial charge in [0, 0.05) is 26.2 Å². The van der Waals surface area contributed by atoms with Gasteiger partial charge in [-0.1, -0.05) is 30.3 Å². The van der Waals surface area contributed by atoms with Crippen LogP contribution in [0, 0.1) is 0 Å². The van der Waals surface area contributed by atoms with Crippen LogP contribution in [0.1, 0.15) is 5.56 Å². The standard InChI is InChI=1S/C13H19N3O/c1-16-8-7-14-10-12(16)13(17)15-9-11-5-3-2-4-6-11/h2-6,12,14H,7-10H2,1H3,(H,15,17). The van der Waals surface area contributed by atoms with Gasteiger partial charge in [0.1, 0.15) is 6.04 Å². The van der Waals surface area contributed by atoms with Gasteiger partial charge in [0.15, 0.2) is 0 Å². The smallest absolute Gasteiger partial charge is 0.238 e. The highest BCUT2D eigenvalue weighted by Crippen LogP contribution is 2.02. The lowest BCUT2D eigenvalue weighted by molar-refractivity contribution is -0.126. The van der Waals surface area contributed by atoms with Gasteiger partial charge in [0.25, 0.3) is 0 Å². The molecule has 1 saturated heterocycles. The fourth-order valence-corrected chi connectivity index (χ4v) is 2.00. The molecule has 1 atom stereocenters. The first-order valence-corrected chi connectivity index (χ1v) is 6.00. The largest absolute Gasteiger partial charge is 0.351 e. The number of nitrogens with zero attached hydrogens (tertiary/aromatic N) is 1. The van der Waals surface area contributed by atoms with Gasteiger partial charge in [-0.3, -0.25) is 9.69 Å². The zero-order valence-electron chi connectivity index (χ0n) is 10.1. The van der Waals surface area contributed by atoms with E-state index in [1.54, 1.807) is 0 Å². The zero-order chi connectivity index (χ0) is 12.1. The predicted octanol–water partition coefficient (Wildman–Crippen LogP) is 0.206. The van der Waals surface area contributed by atoms with E-state index in [1.165, 1.54) is 0 Å². The van der Waals surface area contributed by atoms with Crippen molar-refractivity contribution in [2.24, 2.45) is 0 Å². The molecule has 0 aliphatic carbocycles. The van der Waals surface area contributed by atoms with E-state index < -0.39 is 0 Å². The zero-order valence-corrected chi connectivity index (χ0v) is 10.1. The van der Waals surface area contributed by atoms with Crippen molar-refractivity contribution in [1.82, 2.24) is 15.5 Å². The second-order valence-electron chi connectivity index (χ2n) is 4.40. The van der Waals surface area contributed by atoms with Crippen molar-refractivity contribution in [2.45, 2.75) is 12.6 Å². The SMILES string of the molecule is CN1CCNCC1C(=O)NCc1ccccc1. The van der Waals surface area contributed by atoms with Crippen molar-refractivity contribution in [1.29, 1.82) is 0 Å². The lowest BCUT2D eigenvalue weighted by Gasteiger charge is -2.31. The second-order valence-corrected chi connectivity index (χ2v) is 4.40. The highest BCUT2D eigenvalue weighted by atomic mass is 16.2. The number of benzene rings is 1. The van der Waals surface area contributed by atoms with Crippen LogP contribution >= 0.6 is 0 Å². The Morgan fingerprint density at radius 3 is 2.94 bits per heavy atom. The van der Waals surface area contributed by atoms with Gasteiger partial charge in [-0.05, 0) is 12.6 Å². The van der Waals surface area contributed by atoms with E-state index in [0.717, 1.165) is 25.2 Å². The maximum Gasteiger partial charge on any atom is 0.238 e. The Hall–Kier alpha value is -1.39. The number of piperazine rings is 1. The van der Waals surface area contributed by atoms with E-state index >= 15 is 0 Å². The molecule has 1 fully saturated rings. The van der Waals surface area contributed by atoms with Crippen LogP contribution in [0.4, 0.5) is 0 Å². The summed E-state index contributed by atoms with van der Waals surface area (Å²) < 4.78 is 0. The highest BCUT2D eigenvalue weighted by molar-refractivity contribution is 5.82. The average molecular weight is 233 g/mol. The maximum atomic E-state index is 12.0. The molecule has 4 nitrogen and oxygen atoms in total. The number of carbonyl (C=O) groups excluding carboxylic acids is 1. The topological polar surface area (TPSA) is 44.4 Å². The molecule has 0 radical (unpaired) electrons. The Balaban J connectivity index is 1.84. The molecule has 0 aromatic heterocycles. The Morgan fingerprint density at radius 2 is 2.24 bits per heavy atom. The number of hydrogen-bond donors (Lipinski definition) is 2. The highest BCUT2D eigenvalue weighted by Gasteiger charge is 2.25. The summed E-state index contributed by atoms with van der Waals surface area (Å²) in [4.78, 5) is 14.1. The summed E-state index contributed by atoms with van der Waals surface area (Å²) in [6, 6.07) is 9.93. The molecule has 1 amide bonds. The number of likely N-dealkylation sites (N-methyl/N-ethyl adjacent to an activating group) is 1. The number of rotatable bonds is 3. The van der Waals surface area contributed by atoms with Crippen LogP contribution in [-0.4, -0.2) is 43.5 Å². The van der Waals surface area contributed by atoms with Gasteiger partial charge in [-0.15, -0.1) is 0 Å². The molecular formula is C13H19N3O. The normalized spacial score (nSPS) is 21.1. The molecule has 0 spiro atoms. The monoisotopic (exact) mass is 233 g/mol. The van der Waals surface area contributed by atoms with E-state index in [4.69, 9.17) is 0 Å². The lowest BCUT2D eigenvalue weighted by atomic mass is 10.1. The van der Waals surface area contributed by atoms with Crippen LogP contribution < -0.4 is 10.6 Å². The van der Waals surface area contributed by atoms with Crippen molar-refractivity contribution < 1.29 is 4.79 Å². The summed E-state index contributed by atoms with van der Waals surface area (Å²) in [7, 11) is 1.99. The Bertz CT molecular complexity index is 366. The van der Waals surface area contributed by atoms with Gasteiger partial charge in [-0.25, -0.2) is 0 Å². The number of nitrogens with one attached hydrogen (secondary N) is 2. The molecule has 92 valence electrons. The van der Waals surface area contributed by atoms with E-state index in [0.29, 0.717) is 6.54 Å². The molecule has 1 heterocycles. The first-order valence-electron chi connectivity index (χ1n) is 6.00. The van der Waals surface area contributed by atoms with Crippen LogP contribution in [0.2, 0.25) is 0 Å². The van der Waals surface area contributed by atoms with Gasteiger partial charge in [0.2, 0.25) is 5.91 Å². The second kappa shape index (κ2) is 5.80. The van der Waals surface area contributed by atoms with Gasteiger partial charge < -0.3 is 10.6 Å². The third-order valence-electron chi connectivity index (χ3n) is 3.12. The van der Waals surface area contributed by atoms with E-state index in [9.17, 15) is 4.79 Å². The van der Waals surface area contributed by atoms with Crippen molar-refractivity contribution in [3.63, 3.8) is 0 Å². The van der Waals surface area contributed by atoms with Crippen LogP contribution in [0.15, 0.2) is 30.3 Å². The quantitative estimate of drug-likeness (QED) is 0.784. The molecule has 1 aliphatic rings. The molecule has 0 bridgehead atoms. The summed E-state index contributed by atoms with van der Waals surface area (Å²) in [5.41, 5.74) is 1.13. The minimum Gasteiger partial charge on any atom is -0.351 e. The molecule has 1 aromatic rings. The fraction of sp³-hybridized carbons (Fsp3) is 0.462. The third-order valence-corrected chi connectivity index (χ3v) is 3.12. The van der Waals surface area contributed by atoms with Crippen LogP contribution in [-0.2, 0) is 11.3 Å². The Morgan fingerprint density at radius 1 is 1.47 bits per heavy atom. The van der Waals surface area contributed by atoms with Crippen LogP contribution in [0.3, 0.4) is 0 Å². The Kier molecular flexibility index (Phi) is 4.12. The lowest BCUT2D eigenvalue weighted by Crippen LogP contribution is -2.56. The molecule has 17 heavy (non-hydrogen) atoms. The van der Waals surface area contributed by atoms with Crippen molar-refractivity contribution >= 4 is 5.91 Å². The van der Waals surface area contributed by atoms with Gasteiger partial charge in [-0.2, -0.15) is 0 Å². The van der Waals surface area contributed by atoms with Crippen molar-refractivity contribution in [3.05, 3.63) is 35.9 Å². The summed E-state index contributed by atoms with van der Waals surface area (Å²) in [5.74, 6) is 0.101. The first-order chi connectivity index (χ1) is 8.27. The number of carbonyl (C=O) groups is 1. The van der Waals surface area contributed by atoms with Crippen LogP contribution in [0.25, 0.3) is 0 Å². The van der Waals surface area contributed by atoms with Gasteiger partial charge in [0.05, 0.1) is 0 Å². The average Bonchev–Trinajstić information content (AvgIpc) is 2.38.